The number of nitrogens with zero attached hydrogens (tertiary/aromatic N) is 5. The van der Waals surface area contributed by atoms with Crippen molar-refractivity contribution in [2.75, 3.05) is 6.54 Å². The summed E-state index contributed by atoms with van der Waals surface area (Å²) >= 11 is 6.30. The summed E-state index contributed by atoms with van der Waals surface area (Å²) in [5.74, 6) is 0.736. The standard InChI is InChI=1S/C26H28ClN5O/c1-26(8-2-3-9-26)16-32-14-19(12-29-32)20-6-7-23(27)30-24(20)18-10-21-22(28-11-18)15-31(25(21)33)13-17-4-5-17/h6-7,10-12,14,17H,2-5,8-9,13,15-16H2,1H3. The maximum Gasteiger partial charge on any atom is 0.256 e. The Bertz CT molecular complexity index is 1230. The summed E-state index contributed by atoms with van der Waals surface area (Å²) in [5, 5.41) is 5.07. The number of fused-ring (bicyclic) bond motifs is 1. The molecule has 170 valence electrons. The molecule has 0 saturated heterocycles. The predicted molar refractivity (Wildman–Crippen MR) is 128 cm³/mol. The maximum absolute atomic E-state index is 13.0. The minimum Gasteiger partial charge on any atom is -0.332 e. The molecule has 3 aliphatic rings. The Labute approximate surface area is 199 Å². The van der Waals surface area contributed by atoms with E-state index in [1.165, 1.54) is 38.5 Å². The van der Waals surface area contributed by atoms with Gasteiger partial charge >= 0.3 is 0 Å². The van der Waals surface area contributed by atoms with Gasteiger partial charge in [0.05, 0.1) is 29.7 Å². The molecule has 0 radical (unpaired) electrons. The molecule has 0 atom stereocenters. The third-order valence-electron chi connectivity index (χ3n) is 7.44. The largest absolute Gasteiger partial charge is 0.332 e. The molecule has 3 aromatic heterocycles. The molecule has 4 heterocycles. The fourth-order valence-electron chi connectivity index (χ4n) is 5.37. The number of pyridine rings is 2. The van der Waals surface area contributed by atoms with Gasteiger partial charge in [-0.25, -0.2) is 4.98 Å². The average Bonchev–Trinajstić information content (AvgIpc) is 3.18. The molecule has 2 saturated carbocycles. The summed E-state index contributed by atoms with van der Waals surface area (Å²) in [6.07, 6.45) is 13.4. The quantitative estimate of drug-likeness (QED) is 0.448. The first-order valence-electron chi connectivity index (χ1n) is 12.0. The summed E-state index contributed by atoms with van der Waals surface area (Å²) in [5.41, 5.74) is 5.35. The number of halogens is 1. The van der Waals surface area contributed by atoms with Crippen molar-refractivity contribution >= 4 is 17.5 Å². The molecule has 0 aromatic carbocycles. The Morgan fingerprint density at radius 1 is 1.12 bits per heavy atom. The molecule has 6 rings (SSSR count). The van der Waals surface area contributed by atoms with Gasteiger partial charge in [0.25, 0.3) is 5.91 Å². The number of carbonyl (C=O) groups excluding carboxylic acids is 1. The number of hydrogen-bond donors (Lipinski definition) is 0. The van der Waals surface area contributed by atoms with E-state index in [0.717, 1.165) is 41.2 Å². The summed E-state index contributed by atoms with van der Waals surface area (Å²) in [6, 6.07) is 5.72. The van der Waals surface area contributed by atoms with Crippen LogP contribution in [0.4, 0.5) is 0 Å². The van der Waals surface area contributed by atoms with Crippen LogP contribution in [-0.4, -0.2) is 37.1 Å². The smallest absolute Gasteiger partial charge is 0.256 e. The van der Waals surface area contributed by atoms with Gasteiger partial charge in [-0.2, -0.15) is 5.10 Å². The van der Waals surface area contributed by atoms with Crippen LogP contribution in [0.2, 0.25) is 5.15 Å². The predicted octanol–water partition coefficient (Wildman–Crippen LogP) is 5.61. The Morgan fingerprint density at radius 2 is 1.94 bits per heavy atom. The molecule has 2 fully saturated rings. The molecular weight excluding hydrogens is 434 g/mol. The molecule has 1 amide bonds. The second-order valence-corrected chi connectivity index (χ2v) is 10.7. The van der Waals surface area contributed by atoms with Gasteiger partial charge in [-0.05, 0) is 55.2 Å². The van der Waals surface area contributed by atoms with E-state index >= 15 is 0 Å². The molecule has 6 nitrogen and oxygen atoms in total. The van der Waals surface area contributed by atoms with Crippen molar-refractivity contribution < 1.29 is 4.79 Å². The lowest BCUT2D eigenvalue weighted by Crippen LogP contribution is -2.26. The molecule has 0 unspecified atom stereocenters. The van der Waals surface area contributed by atoms with Crippen LogP contribution in [0.3, 0.4) is 0 Å². The number of amides is 1. The van der Waals surface area contributed by atoms with Crippen LogP contribution in [-0.2, 0) is 13.1 Å². The Hall–Kier alpha value is -2.73. The van der Waals surface area contributed by atoms with Gasteiger partial charge < -0.3 is 4.90 Å². The fourth-order valence-corrected chi connectivity index (χ4v) is 5.52. The van der Waals surface area contributed by atoms with Crippen LogP contribution in [0.15, 0.2) is 36.8 Å². The molecular formula is C26H28ClN5O. The second-order valence-electron chi connectivity index (χ2n) is 10.3. The Kier molecular flexibility index (Phi) is 5.02. The second kappa shape index (κ2) is 7.94. The van der Waals surface area contributed by atoms with Crippen molar-refractivity contribution in [2.24, 2.45) is 11.3 Å². The van der Waals surface area contributed by atoms with E-state index in [9.17, 15) is 4.79 Å². The fraction of sp³-hybridized carbons (Fsp3) is 0.462. The number of hydrogen-bond acceptors (Lipinski definition) is 4. The van der Waals surface area contributed by atoms with Gasteiger partial charge in [0.2, 0.25) is 0 Å². The normalized spacial score (nSPS) is 19.3. The molecule has 0 spiro atoms. The third kappa shape index (κ3) is 4.05. The molecule has 0 bridgehead atoms. The summed E-state index contributed by atoms with van der Waals surface area (Å²) in [6.45, 7) is 4.72. The lowest BCUT2D eigenvalue weighted by atomic mass is 9.89. The summed E-state index contributed by atoms with van der Waals surface area (Å²) < 4.78 is 2.05. The molecule has 2 aliphatic carbocycles. The summed E-state index contributed by atoms with van der Waals surface area (Å²) in [4.78, 5) is 24.2. The van der Waals surface area contributed by atoms with Crippen molar-refractivity contribution in [3.63, 3.8) is 0 Å². The van der Waals surface area contributed by atoms with Crippen molar-refractivity contribution in [3.05, 3.63) is 53.2 Å². The highest BCUT2D eigenvalue weighted by Crippen LogP contribution is 2.40. The first-order valence-corrected chi connectivity index (χ1v) is 12.3. The van der Waals surface area contributed by atoms with Crippen LogP contribution >= 0.6 is 11.6 Å². The SMILES string of the molecule is CC1(Cn2cc(-c3ccc(Cl)nc3-c3cnc4c(c3)C(=O)N(CC3CC3)C4)cn2)CCCC1. The Balaban J connectivity index is 1.32. The first-order chi connectivity index (χ1) is 16.0. The minimum absolute atomic E-state index is 0.0763. The zero-order chi connectivity index (χ0) is 22.6. The highest BCUT2D eigenvalue weighted by atomic mass is 35.5. The van der Waals surface area contributed by atoms with E-state index in [1.54, 1.807) is 6.07 Å². The van der Waals surface area contributed by atoms with E-state index in [2.05, 4.69) is 32.9 Å². The summed E-state index contributed by atoms with van der Waals surface area (Å²) in [7, 11) is 0. The van der Waals surface area contributed by atoms with Crippen LogP contribution in [0.5, 0.6) is 0 Å². The van der Waals surface area contributed by atoms with Crippen LogP contribution < -0.4 is 0 Å². The van der Waals surface area contributed by atoms with E-state index in [-0.39, 0.29) is 5.91 Å². The lowest BCUT2D eigenvalue weighted by Gasteiger charge is -2.22. The van der Waals surface area contributed by atoms with Gasteiger partial charge in [-0.15, -0.1) is 0 Å². The molecule has 7 heteroatoms. The zero-order valence-electron chi connectivity index (χ0n) is 18.9. The Morgan fingerprint density at radius 3 is 2.73 bits per heavy atom. The first kappa shape index (κ1) is 20.8. The van der Waals surface area contributed by atoms with Crippen LogP contribution in [0.25, 0.3) is 22.4 Å². The monoisotopic (exact) mass is 461 g/mol. The minimum atomic E-state index is 0.0763. The molecule has 3 aromatic rings. The van der Waals surface area contributed by atoms with E-state index in [1.807, 2.05) is 29.4 Å². The van der Waals surface area contributed by atoms with Gasteiger partial charge in [-0.1, -0.05) is 31.4 Å². The average molecular weight is 462 g/mol. The van der Waals surface area contributed by atoms with Crippen molar-refractivity contribution in [1.82, 2.24) is 24.6 Å². The van der Waals surface area contributed by atoms with E-state index < -0.39 is 0 Å². The maximum atomic E-state index is 13.0. The number of carbonyl (C=O) groups is 1. The molecule has 0 N–H and O–H groups in total. The third-order valence-corrected chi connectivity index (χ3v) is 7.65. The van der Waals surface area contributed by atoms with Crippen molar-refractivity contribution in [3.8, 4) is 22.4 Å². The van der Waals surface area contributed by atoms with Gasteiger partial charge in [0, 0.05) is 42.2 Å². The van der Waals surface area contributed by atoms with Gasteiger partial charge in [0.15, 0.2) is 0 Å². The molecule has 1 aliphatic heterocycles. The topological polar surface area (TPSA) is 63.9 Å². The molecule has 33 heavy (non-hydrogen) atoms. The highest BCUT2D eigenvalue weighted by Gasteiger charge is 2.34. The zero-order valence-corrected chi connectivity index (χ0v) is 19.7. The van der Waals surface area contributed by atoms with Gasteiger partial charge in [0.1, 0.15) is 5.15 Å². The highest BCUT2D eigenvalue weighted by molar-refractivity contribution is 6.29. The van der Waals surface area contributed by atoms with Crippen molar-refractivity contribution in [2.45, 2.75) is 58.5 Å². The van der Waals surface area contributed by atoms with Crippen LogP contribution in [0, 0.1) is 11.3 Å². The van der Waals surface area contributed by atoms with Crippen molar-refractivity contribution in [1.29, 1.82) is 0 Å². The van der Waals surface area contributed by atoms with E-state index in [4.69, 9.17) is 11.6 Å². The van der Waals surface area contributed by atoms with E-state index in [0.29, 0.717) is 28.6 Å². The lowest BCUT2D eigenvalue weighted by molar-refractivity contribution is 0.0770. The number of rotatable bonds is 6. The van der Waals surface area contributed by atoms with Gasteiger partial charge in [-0.3, -0.25) is 14.5 Å². The number of aromatic nitrogens is 4. The van der Waals surface area contributed by atoms with Crippen LogP contribution in [0.1, 0.15) is 61.5 Å².